The smallest absolute Gasteiger partial charge is 0.481 e. The van der Waals surface area contributed by atoms with Gasteiger partial charge in [0.2, 0.25) is 29.4 Å². The topological polar surface area (TPSA) is 639 Å². The number of carbonyl (C=O) groups excluding carboxylic acids is 11. The monoisotopic (exact) mass is 1850 g/mol. The highest BCUT2D eigenvalue weighted by molar-refractivity contribution is 8.76. The molecule has 0 spiro atoms. The molecule has 1 unspecified atom stereocenters. The van der Waals surface area contributed by atoms with E-state index in [-0.39, 0.29) is 110 Å². The number of carboxylic acid groups (broad SMARTS) is 5. The predicted octanol–water partition coefficient (Wildman–Crippen LogP) is 4.19. The summed E-state index contributed by atoms with van der Waals surface area (Å²) >= 11 is 0. The second-order valence-corrected chi connectivity index (χ2v) is 35.2. The summed E-state index contributed by atoms with van der Waals surface area (Å²) in [5.41, 5.74) is 13.2. The maximum Gasteiger partial charge on any atom is 0.508 e. The van der Waals surface area contributed by atoms with Gasteiger partial charge in [-0.05, 0) is 125 Å². The second kappa shape index (κ2) is 52.2. The van der Waals surface area contributed by atoms with Gasteiger partial charge in [-0.3, -0.25) is 67.3 Å². The number of pyridine rings is 1. The van der Waals surface area contributed by atoms with Gasteiger partial charge in [-0.25, -0.2) is 24.2 Å². The number of H-pyrrole nitrogens is 1. The number of Topliss-reactive ketones (excluding diaryl/α,β-unsaturated/α-hetero) is 3. The zero-order chi connectivity index (χ0) is 95.5. The third-order valence-electron chi connectivity index (χ3n) is 21.9. The number of carboxylic acids is 5. The zero-order valence-corrected chi connectivity index (χ0v) is 75.0. The summed E-state index contributed by atoms with van der Waals surface area (Å²) in [6, 6.07) is -4.34. The van der Waals surface area contributed by atoms with Crippen LogP contribution in [-0.4, -0.2) is 263 Å². The molecule has 16 atom stereocenters. The first-order chi connectivity index (χ1) is 61.0. The summed E-state index contributed by atoms with van der Waals surface area (Å²) in [6.45, 7) is 12.9. The molecule has 2 fully saturated rings. The number of aromatic amines is 1. The SMILES string of the molecule is CO[C@H]1C[C@@H]2CC[C@@H](C)[C@@](O)(O2)C(=O)C(=O)N2CCCC[C@H]2C(=O)O[C@H](C(C)C)CC(=O)[C@H](C)/C=C(\C)[C@@H](OC(=O)OCCSSC[C@H](NC(=O)[C@H](CC(=O)O)NC(=O)[C@H](CC(=O)O)NC(=O)C(CCCN)NC[C@H](CC(=O)O)NC(=O)CC[C@H](NC(=O)c2ccc(NCc3cnc4cc(N)[nH]c(=O)c4n3)cc2)C(=O)O)C(=O)O)CC(=O)[C@H](C)C[C@H](C)/C=C/C=CC=C1C. The first kappa shape index (κ1) is 106. The number of ketones is 3. The number of benzene rings is 1. The Bertz CT molecular complexity index is 4680. The molecule has 2 aromatic heterocycles. The molecule has 3 aliphatic rings. The lowest BCUT2D eigenvalue weighted by Gasteiger charge is -2.42. The number of aromatic nitrogens is 3. The standard InChI is InChI=1S/C86H119N13O28S2/c1-45(2)66-39-64(100)49(6)33-50(7)68(40-65(101)48(5)32-46(3)16-11-10-12-17-47(4)67(123-9)35-56-25-20-51(8)86(122,127-56)75(109)81(115)99-29-14-13-19-63(99)84(120)125-66)126-85(121)124-30-31-128-129-44-62(83(118)119)97-79(113)61(38-73(107)108)96-78(112)60(37-72(105)106)95-77(111)57(18-15-28-87)90-41-54(34-71(103)104)92-70(102)27-26-58(82(116)117)94-76(110)52-21-23-53(24-22-52)89-42-55-43-91-59-36-69(88)98-80(114)74(59)93-55/h10-12,16-17,21-24,33,36,43,45-46,48-49,51,54,56-58,60-63,66-68,89-90,122H,13-15,18-20,25-32,34-35,37-42,44,87H2,1-9H3,(H,92,102)(H,94,110)(H,95,111)(H,96,112)(H,97,113)(H,103,104)(H,105,106)(H,107,108)(H,116,117)(H,118,119)(H3,88,98,114)/b12-10?,16-11+,47-17?,50-33+/t46-,48-,49-,51-,54+,56+,57?,58+,60+,61+,62+,63+,66+,67+,68+,86-/m1/s1. The molecule has 0 aliphatic carbocycles. The van der Waals surface area contributed by atoms with Crippen molar-refractivity contribution in [2.24, 2.45) is 35.3 Å². The van der Waals surface area contributed by atoms with Crippen LogP contribution in [0.2, 0.25) is 0 Å². The maximum absolute atomic E-state index is 14.2. The lowest BCUT2D eigenvalue weighted by Crippen LogP contribution is -2.61. The Hall–Kier alpha value is -11.5. The Morgan fingerprint density at radius 2 is 1.38 bits per heavy atom. The lowest BCUT2D eigenvalue weighted by molar-refractivity contribution is -0.265. The first-order valence-electron chi connectivity index (χ1n) is 42.4. The average molecular weight is 1850 g/mol. The molecule has 1 aromatic carbocycles. The van der Waals surface area contributed by atoms with Gasteiger partial charge in [0.05, 0.1) is 67.5 Å². The summed E-state index contributed by atoms with van der Waals surface area (Å²) in [6.07, 6.45) is 4.84. The van der Waals surface area contributed by atoms with Crippen LogP contribution < -0.4 is 54.2 Å². The van der Waals surface area contributed by atoms with Crippen molar-refractivity contribution in [3.8, 4) is 0 Å². The van der Waals surface area contributed by atoms with Gasteiger partial charge in [0.25, 0.3) is 23.2 Å². The van der Waals surface area contributed by atoms with Crippen LogP contribution in [0.1, 0.15) is 174 Å². The van der Waals surface area contributed by atoms with E-state index in [1.807, 2.05) is 32.1 Å². The molecule has 5 heterocycles. The Kier molecular flexibility index (Phi) is 43.0. The minimum Gasteiger partial charge on any atom is -0.481 e. The fourth-order valence-electron chi connectivity index (χ4n) is 14.3. The van der Waals surface area contributed by atoms with E-state index >= 15 is 0 Å². The van der Waals surface area contributed by atoms with Gasteiger partial charge in [-0.1, -0.05) is 99.6 Å². The van der Waals surface area contributed by atoms with Gasteiger partial charge in [-0.2, -0.15) is 0 Å². The van der Waals surface area contributed by atoms with Crippen molar-refractivity contribution in [3.63, 3.8) is 0 Å². The van der Waals surface area contributed by atoms with E-state index in [2.05, 4.69) is 52.2 Å². The Balaban J connectivity index is 1.04. The van der Waals surface area contributed by atoms with E-state index < -0.39 is 235 Å². The van der Waals surface area contributed by atoms with E-state index in [0.717, 1.165) is 32.1 Å². The Morgan fingerprint density at radius 1 is 0.729 bits per heavy atom. The number of allylic oxidation sites excluding steroid dienone is 6. The fraction of sp³-hybridized carbons (Fsp3) is 0.570. The summed E-state index contributed by atoms with van der Waals surface area (Å²) in [5.74, 6) is -23.3. The number of nitrogens with two attached hydrogens (primary N) is 2. The molecular formula is C86H119N13O28S2. The molecule has 3 aliphatic heterocycles. The molecular weight excluding hydrogens is 1730 g/mol. The number of cyclic esters (lactones) is 1. The molecule has 6 rings (SSSR count). The maximum atomic E-state index is 14.2. The number of anilines is 2. The van der Waals surface area contributed by atoms with Gasteiger partial charge in [-0.15, -0.1) is 0 Å². The number of amides is 6. The number of aliphatic hydroxyl groups is 1. The highest BCUT2D eigenvalue weighted by Crippen LogP contribution is 2.37. The number of methoxy groups -OCH3 is 1. The van der Waals surface area contributed by atoms with Crippen molar-refractivity contribution in [2.45, 2.75) is 237 Å². The van der Waals surface area contributed by atoms with Crippen LogP contribution in [0.4, 0.5) is 16.3 Å². The molecule has 129 heavy (non-hydrogen) atoms. The Morgan fingerprint density at radius 3 is 2.01 bits per heavy atom. The number of hydrogen-bond donors (Lipinski definition) is 16. The minimum absolute atomic E-state index is 0.00322. The molecule has 3 aromatic rings. The van der Waals surface area contributed by atoms with Crippen LogP contribution in [0.5, 0.6) is 0 Å². The highest BCUT2D eigenvalue weighted by atomic mass is 33.1. The third-order valence-corrected chi connectivity index (χ3v) is 24.3. The van der Waals surface area contributed by atoms with Gasteiger partial charge < -0.3 is 113 Å². The molecule has 2 bridgehead atoms. The number of hydrogen-bond acceptors (Lipinski definition) is 31. The number of rotatable bonds is 38. The summed E-state index contributed by atoms with van der Waals surface area (Å²) < 4.78 is 29.1. The zero-order valence-electron chi connectivity index (χ0n) is 73.4. The lowest BCUT2D eigenvalue weighted by atomic mass is 9.85. The second-order valence-electron chi connectivity index (χ2n) is 32.5. The van der Waals surface area contributed by atoms with Crippen molar-refractivity contribution in [1.82, 2.24) is 51.8 Å². The average Bonchev–Trinajstić information content (AvgIpc) is 0.772. The van der Waals surface area contributed by atoms with Crippen molar-refractivity contribution in [2.75, 3.05) is 55.9 Å². The number of nitrogens with zero attached hydrogens (tertiary/aromatic N) is 3. The van der Waals surface area contributed by atoms with E-state index in [1.54, 1.807) is 53.7 Å². The van der Waals surface area contributed by atoms with Crippen molar-refractivity contribution >= 4 is 139 Å². The quantitative estimate of drug-likeness (QED) is 0.0126. The molecule has 6 amide bonds. The number of esters is 1. The van der Waals surface area contributed by atoms with E-state index in [9.17, 15) is 112 Å². The van der Waals surface area contributed by atoms with Gasteiger partial charge in [0.1, 0.15) is 66.4 Å². The van der Waals surface area contributed by atoms with E-state index in [4.69, 9.17) is 35.2 Å². The van der Waals surface area contributed by atoms with Crippen LogP contribution in [0.25, 0.3) is 11.0 Å². The summed E-state index contributed by atoms with van der Waals surface area (Å²) in [4.78, 5) is 238. The first-order valence-corrected chi connectivity index (χ1v) is 44.9. The third kappa shape index (κ3) is 34.5. The largest absolute Gasteiger partial charge is 0.508 e. The van der Waals surface area contributed by atoms with Crippen LogP contribution in [-0.2, 0) is 97.4 Å². The number of nitrogen functional groups attached to an aromatic ring is 1. The number of piperidine rings is 1. The molecule has 18 N–H and O–H groups in total. The van der Waals surface area contributed by atoms with Gasteiger partial charge in [0, 0.05) is 92.5 Å². The molecule has 708 valence electrons. The number of ether oxygens (including phenoxy) is 5. The van der Waals surface area contributed by atoms with Crippen LogP contribution >= 0.6 is 21.6 Å². The van der Waals surface area contributed by atoms with Crippen molar-refractivity contribution < 1.29 is 131 Å². The summed E-state index contributed by atoms with van der Waals surface area (Å²) in [7, 11) is 3.31. The van der Waals surface area contributed by atoms with Crippen LogP contribution in [0.15, 0.2) is 88.9 Å². The summed E-state index contributed by atoms with van der Waals surface area (Å²) in [5, 5.41) is 78.7. The van der Waals surface area contributed by atoms with Crippen molar-refractivity contribution in [1.29, 1.82) is 0 Å². The van der Waals surface area contributed by atoms with Gasteiger partial charge in [0.15, 0.2) is 5.52 Å². The predicted molar refractivity (Wildman–Crippen MR) is 470 cm³/mol. The van der Waals surface area contributed by atoms with Crippen molar-refractivity contribution in [3.05, 3.63) is 106 Å². The van der Waals surface area contributed by atoms with Gasteiger partial charge >= 0.3 is 42.0 Å². The molecule has 2 saturated heterocycles. The number of aliphatic carboxylic acids is 5. The highest BCUT2D eigenvalue weighted by Gasteiger charge is 2.53. The van der Waals surface area contributed by atoms with Crippen LogP contribution in [0, 0.1) is 29.6 Å². The minimum atomic E-state index is -2.51. The van der Waals surface area contributed by atoms with E-state index in [0.29, 0.717) is 43.5 Å². The molecule has 43 heteroatoms. The molecule has 0 radical (unpaired) electrons. The molecule has 0 saturated carbocycles. The van der Waals surface area contributed by atoms with E-state index in [1.165, 1.54) is 49.7 Å². The van der Waals surface area contributed by atoms with Crippen LogP contribution in [0.3, 0.4) is 0 Å². The molecule has 41 nitrogen and oxygen atoms in total. The number of carbonyl (C=O) groups is 16. The fourth-order valence-corrected chi connectivity index (χ4v) is 16.3. The number of nitrogens with one attached hydrogen (secondary N) is 8. The normalized spacial score (nSPS) is 23.3. The number of fused-ring (bicyclic) bond motifs is 4. The Labute approximate surface area is 752 Å².